The van der Waals surface area contributed by atoms with Crippen LogP contribution in [0.3, 0.4) is 0 Å². The largest absolute Gasteiger partial charge is 0.471 e. The highest BCUT2D eigenvalue weighted by molar-refractivity contribution is 7.19. The molecule has 2 heterocycles. The summed E-state index contributed by atoms with van der Waals surface area (Å²) in [6.07, 6.45) is 0.767. The van der Waals surface area contributed by atoms with Crippen LogP contribution >= 0.6 is 11.3 Å². The SMILES string of the molecule is NC1=C(c2nc3ccccc3s2)CC(c2ccccc2)O1. The lowest BCUT2D eigenvalue weighted by atomic mass is 10.0. The van der Waals surface area contributed by atoms with Crippen molar-refractivity contribution in [2.75, 3.05) is 0 Å². The summed E-state index contributed by atoms with van der Waals surface area (Å²) in [6, 6.07) is 18.3. The van der Waals surface area contributed by atoms with E-state index >= 15 is 0 Å². The van der Waals surface area contributed by atoms with Crippen molar-refractivity contribution in [3.8, 4) is 0 Å². The standard InChI is InChI=1S/C17H14N2OS/c18-16-12(10-14(20-16)11-6-2-1-3-7-11)17-19-13-8-4-5-9-15(13)21-17/h1-9,14H,10,18H2. The van der Waals surface area contributed by atoms with Gasteiger partial charge in [-0.1, -0.05) is 42.5 Å². The first-order chi connectivity index (χ1) is 10.3. The molecule has 0 spiro atoms. The van der Waals surface area contributed by atoms with Gasteiger partial charge in [0.2, 0.25) is 0 Å². The number of benzene rings is 2. The van der Waals surface area contributed by atoms with Crippen molar-refractivity contribution < 1.29 is 4.74 Å². The van der Waals surface area contributed by atoms with Gasteiger partial charge in [0.05, 0.1) is 15.8 Å². The smallest absolute Gasteiger partial charge is 0.191 e. The summed E-state index contributed by atoms with van der Waals surface area (Å²) < 4.78 is 7.01. The fourth-order valence-corrected chi connectivity index (χ4v) is 3.62. The van der Waals surface area contributed by atoms with Crippen molar-refractivity contribution in [2.24, 2.45) is 5.73 Å². The molecule has 1 aromatic heterocycles. The van der Waals surface area contributed by atoms with Crippen molar-refractivity contribution in [1.29, 1.82) is 0 Å². The van der Waals surface area contributed by atoms with Gasteiger partial charge in [-0.05, 0) is 17.7 Å². The number of para-hydroxylation sites is 1. The van der Waals surface area contributed by atoms with E-state index in [-0.39, 0.29) is 6.10 Å². The average Bonchev–Trinajstić information content (AvgIpc) is 3.11. The van der Waals surface area contributed by atoms with Gasteiger partial charge < -0.3 is 10.5 Å². The molecule has 0 saturated heterocycles. The zero-order chi connectivity index (χ0) is 14.2. The van der Waals surface area contributed by atoms with Gasteiger partial charge in [0.1, 0.15) is 11.1 Å². The predicted octanol–water partition coefficient (Wildman–Crippen LogP) is 4.09. The quantitative estimate of drug-likeness (QED) is 0.774. The van der Waals surface area contributed by atoms with Gasteiger partial charge in [0.15, 0.2) is 5.88 Å². The van der Waals surface area contributed by atoms with Crippen molar-refractivity contribution >= 4 is 27.1 Å². The molecule has 0 aliphatic carbocycles. The Kier molecular flexibility index (Phi) is 2.89. The second-order valence-electron chi connectivity index (χ2n) is 5.05. The second kappa shape index (κ2) is 4.90. The van der Waals surface area contributed by atoms with E-state index in [9.17, 15) is 0 Å². The molecule has 4 rings (SSSR count). The Morgan fingerprint density at radius 1 is 1.05 bits per heavy atom. The van der Waals surface area contributed by atoms with Crippen LogP contribution in [0.25, 0.3) is 15.8 Å². The van der Waals surface area contributed by atoms with E-state index in [1.165, 1.54) is 4.70 Å². The third kappa shape index (κ3) is 2.17. The molecule has 1 atom stereocenters. The first kappa shape index (κ1) is 12.4. The highest BCUT2D eigenvalue weighted by Gasteiger charge is 2.28. The maximum atomic E-state index is 6.08. The second-order valence-corrected chi connectivity index (χ2v) is 6.08. The molecule has 0 fully saturated rings. The number of aromatic nitrogens is 1. The first-order valence-corrected chi connectivity index (χ1v) is 7.69. The summed E-state index contributed by atoms with van der Waals surface area (Å²) in [7, 11) is 0. The van der Waals surface area contributed by atoms with Gasteiger partial charge in [-0.25, -0.2) is 4.98 Å². The number of nitrogens with zero attached hydrogens (tertiary/aromatic N) is 1. The van der Waals surface area contributed by atoms with Crippen LogP contribution in [-0.2, 0) is 4.74 Å². The minimum Gasteiger partial charge on any atom is -0.471 e. The third-order valence-corrected chi connectivity index (χ3v) is 4.78. The van der Waals surface area contributed by atoms with Gasteiger partial charge in [0, 0.05) is 6.42 Å². The van der Waals surface area contributed by atoms with Crippen LogP contribution in [0.2, 0.25) is 0 Å². The zero-order valence-corrected chi connectivity index (χ0v) is 12.1. The molecule has 3 aromatic rings. The molecule has 0 saturated carbocycles. The Bertz CT molecular complexity index is 790. The van der Waals surface area contributed by atoms with E-state index < -0.39 is 0 Å². The Morgan fingerprint density at radius 3 is 2.62 bits per heavy atom. The Labute approximate surface area is 126 Å². The maximum absolute atomic E-state index is 6.08. The molecular weight excluding hydrogens is 280 g/mol. The zero-order valence-electron chi connectivity index (χ0n) is 11.3. The van der Waals surface area contributed by atoms with Crippen molar-refractivity contribution in [3.05, 3.63) is 71.1 Å². The topological polar surface area (TPSA) is 48.1 Å². The molecule has 0 bridgehead atoms. The van der Waals surface area contributed by atoms with Crippen molar-refractivity contribution in [1.82, 2.24) is 4.98 Å². The van der Waals surface area contributed by atoms with Crippen LogP contribution in [0.15, 0.2) is 60.5 Å². The monoisotopic (exact) mass is 294 g/mol. The minimum absolute atomic E-state index is 0.00628. The molecule has 1 aliphatic heterocycles. The summed E-state index contributed by atoms with van der Waals surface area (Å²) in [5, 5.41) is 0.965. The summed E-state index contributed by atoms with van der Waals surface area (Å²) >= 11 is 1.67. The lowest BCUT2D eigenvalue weighted by Crippen LogP contribution is -2.01. The molecule has 104 valence electrons. The molecule has 4 heteroatoms. The number of thiazole rings is 1. The van der Waals surface area contributed by atoms with Gasteiger partial charge in [-0.15, -0.1) is 11.3 Å². The molecule has 21 heavy (non-hydrogen) atoms. The highest BCUT2D eigenvalue weighted by atomic mass is 32.1. The number of fused-ring (bicyclic) bond motifs is 1. The van der Waals surface area contributed by atoms with Gasteiger partial charge in [-0.2, -0.15) is 0 Å². The highest BCUT2D eigenvalue weighted by Crippen LogP contribution is 2.41. The summed E-state index contributed by atoms with van der Waals surface area (Å²) in [4.78, 5) is 4.67. The van der Waals surface area contributed by atoms with Crippen LogP contribution in [0.1, 0.15) is 23.1 Å². The molecule has 1 unspecified atom stereocenters. The summed E-state index contributed by atoms with van der Waals surface area (Å²) in [6.45, 7) is 0. The lowest BCUT2D eigenvalue weighted by Gasteiger charge is -2.10. The van der Waals surface area contributed by atoms with E-state index in [1.807, 2.05) is 36.4 Å². The third-order valence-electron chi connectivity index (χ3n) is 3.68. The van der Waals surface area contributed by atoms with Crippen LogP contribution < -0.4 is 5.73 Å². The molecular formula is C17H14N2OS. The summed E-state index contributed by atoms with van der Waals surface area (Å²) in [5.41, 5.74) is 9.27. The molecule has 3 nitrogen and oxygen atoms in total. The van der Waals surface area contributed by atoms with E-state index in [0.29, 0.717) is 5.88 Å². The van der Waals surface area contributed by atoms with Gasteiger partial charge in [0.25, 0.3) is 0 Å². The molecule has 1 aliphatic rings. The fourth-order valence-electron chi connectivity index (χ4n) is 2.60. The number of hydrogen-bond donors (Lipinski definition) is 1. The van der Waals surface area contributed by atoms with Crippen LogP contribution in [0.4, 0.5) is 0 Å². The number of ether oxygens (including phenoxy) is 1. The van der Waals surface area contributed by atoms with Crippen LogP contribution in [-0.4, -0.2) is 4.98 Å². The van der Waals surface area contributed by atoms with Crippen LogP contribution in [0.5, 0.6) is 0 Å². The lowest BCUT2D eigenvalue weighted by molar-refractivity contribution is 0.143. The van der Waals surface area contributed by atoms with Gasteiger partial charge in [-0.3, -0.25) is 0 Å². The van der Waals surface area contributed by atoms with E-state index in [0.717, 1.165) is 28.1 Å². The average molecular weight is 294 g/mol. The first-order valence-electron chi connectivity index (χ1n) is 6.87. The predicted molar refractivity (Wildman–Crippen MR) is 85.6 cm³/mol. The maximum Gasteiger partial charge on any atom is 0.191 e. The normalized spacial score (nSPS) is 18.2. The number of rotatable bonds is 2. The van der Waals surface area contributed by atoms with Gasteiger partial charge >= 0.3 is 0 Å². The number of nitrogens with two attached hydrogens (primary N) is 1. The Morgan fingerprint density at radius 2 is 1.81 bits per heavy atom. The number of hydrogen-bond acceptors (Lipinski definition) is 4. The Hall–Kier alpha value is -2.33. The summed E-state index contributed by atoms with van der Waals surface area (Å²) in [5.74, 6) is 0.503. The molecule has 2 N–H and O–H groups in total. The van der Waals surface area contributed by atoms with E-state index in [2.05, 4.69) is 23.2 Å². The van der Waals surface area contributed by atoms with Crippen LogP contribution in [0, 0.1) is 0 Å². The van der Waals surface area contributed by atoms with E-state index in [1.54, 1.807) is 11.3 Å². The van der Waals surface area contributed by atoms with Crippen molar-refractivity contribution in [2.45, 2.75) is 12.5 Å². The van der Waals surface area contributed by atoms with E-state index in [4.69, 9.17) is 10.5 Å². The van der Waals surface area contributed by atoms with Crippen molar-refractivity contribution in [3.63, 3.8) is 0 Å². The molecule has 0 amide bonds. The Balaban J connectivity index is 1.67. The minimum atomic E-state index is -0.00628. The molecule has 2 aromatic carbocycles. The molecule has 0 radical (unpaired) electrons. The fraction of sp³-hybridized carbons (Fsp3) is 0.118.